The third kappa shape index (κ3) is 8.24. The minimum atomic E-state index is -4.48. The van der Waals surface area contributed by atoms with Crippen molar-refractivity contribution in [1.29, 1.82) is 0 Å². The van der Waals surface area contributed by atoms with Crippen molar-refractivity contribution in [3.05, 3.63) is 18.0 Å². The predicted molar refractivity (Wildman–Crippen MR) is 127 cm³/mol. The fraction of sp³-hybridized carbons (Fsp3) is 0.750. The number of nitrogens with one attached hydrogen (secondary N) is 3. The van der Waals surface area contributed by atoms with Crippen LogP contribution in [-0.4, -0.2) is 65.6 Å². The molecule has 11 heteroatoms. The Kier molecular flexibility index (Phi) is 10.5. The summed E-state index contributed by atoms with van der Waals surface area (Å²) in [5, 5.41) is 9.55. The Hall–Kier alpha value is -1.37. The molecule has 0 atom stereocenters. The first-order valence-corrected chi connectivity index (χ1v) is 10.9. The number of halogens is 4. The van der Waals surface area contributed by atoms with Crippen molar-refractivity contribution in [2.24, 2.45) is 4.99 Å². The molecule has 0 unspecified atom stereocenters. The van der Waals surface area contributed by atoms with Crippen LogP contribution in [0.5, 0.6) is 0 Å². The zero-order valence-corrected chi connectivity index (χ0v) is 20.2. The van der Waals surface area contributed by atoms with Gasteiger partial charge in [0.25, 0.3) is 0 Å². The molecule has 3 N–H and O–H groups in total. The van der Waals surface area contributed by atoms with Crippen molar-refractivity contribution in [3.8, 4) is 0 Å². The molecule has 1 aromatic heterocycles. The largest absolute Gasteiger partial charge is 0.433 e. The summed E-state index contributed by atoms with van der Waals surface area (Å²) in [5.74, 6) is 0.695. The van der Waals surface area contributed by atoms with E-state index in [1.807, 2.05) is 6.92 Å². The van der Waals surface area contributed by atoms with Crippen LogP contribution >= 0.6 is 24.0 Å². The first kappa shape index (κ1) is 25.9. The van der Waals surface area contributed by atoms with E-state index < -0.39 is 11.9 Å². The summed E-state index contributed by atoms with van der Waals surface area (Å²) in [4.78, 5) is 14.5. The Bertz CT molecular complexity index is 688. The minimum Gasteiger partial charge on any atom is -0.357 e. The van der Waals surface area contributed by atoms with Crippen LogP contribution in [-0.2, 0) is 6.18 Å². The normalized spacial score (nSPS) is 19.2. The summed E-state index contributed by atoms with van der Waals surface area (Å²) in [6.45, 7) is 5.74. The lowest BCUT2D eigenvalue weighted by Gasteiger charge is -2.36. The highest BCUT2D eigenvalue weighted by atomic mass is 127. The summed E-state index contributed by atoms with van der Waals surface area (Å²) in [6.07, 6.45) is 4.21. The standard InChI is InChI=1S/C20H32F3N7.HI/c1-2-24-18(28-15-8-13-30(14-9-15)16-5-3-4-6-16)26-11-12-27-19-25-10-7-17(29-19)20(21,22)23;/h7,10,15-16H,2-6,8-9,11-14H2,1H3,(H2,24,26,28)(H,25,27,29);1H. The molecule has 2 aliphatic rings. The SMILES string of the molecule is CCNC(=NCCNc1nccc(C(F)(F)F)n1)NC1CCN(C2CCCC2)CC1.I. The van der Waals surface area contributed by atoms with Crippen LogP contribution in [0.2, 0.25) is 0 Å². The Morgan fingerprint density at radius 3 is 2.55 bits per heavy atom. The second kappa shape index (κ2) is 12.6. The van der Waals surface area contributed by atoms with E-state index in [-0.39, 0.29) is 29.9 Å². The number of hydrogen-bond acceptors (Lipinski definition) is 5. The summed E-state index contributed by atoms with van der Waals surface area (Å²) in [5.41, 5.74) is -0.956. The third-order valence-corrected chi connectivity index (χ3v) is 5.67. The Morgan fingerprint density at radius 1 is 1.19 bits per heavy atom. The topological polar surface area (TPSA) is 77.5 Å². The molecule has 31 heavy (non-hydrogen) atoms. The average molecular weight is 555 g/mol. The van der Waals surface area contributed by atoms with E-state index in [0.717, 1.165) is 56.7 Å². The lowest BCUT2D eigenvalue weighted by Crippen LogP contribution is -2.50. The molecule has 1 aromatic rings. The number of likely N-dealkylation sites (tertiary alicyclic amines) is 1. The molecule has 2 heterocycles. The molecule has 176 valence electrons. The number of nitrogens with zero attached hydrogens (tertiary/aromatic N) is 4. The first-order chi connectivity index (χ1) is 14.5. The Labute approximate surface area is 199 Å². The van der Waals surface area contributed by atoms with Gasteiger partial charge >= 0.3 is 6.18 Å². The Morgan fingerprint density at radius 2 is 1.90 bits per heavy atom. The molecule has 7 nitrogen and oxygen atoms in total. The molecule has 0 amide bonds. The van der Waals surface area contributed by atoms with Gasteiger partial charge in [-0.1, -0.05) is 12.8 Å². The number of hydrogen-bond donors (Lipinski definition) is 3. The number of aliphatic imine (C=N–C) groups is 1. The van der Waals surface area contributed by atoms with Crippen molar-refractivity contribution >= 4 is 35.9 Å². The van der Waals surface area contributed by atoms with Crippen LogP contribution in [0.1, 0.15) is 51.1 Å². The maximum Gasteiger partial charge on any atom is 0.433 e. The van der Waals surface area contributed by atoms with Gasteiger partial charge in [0, 0.05) is 44.5 Å². The molecule has 3 rings (SSSR count). The van der Waals surface area contributed by atoms with E-state index in [4.69, 9.17) is 0 Å². The van der Waals surface area contributed by atoms with E-state index >= 15 is 0 Å². The maximum atomic E-state index is 12.7. The first-order valence-electron chi connectivity index (χ1n) is 10.9. The molecule has 0 aromatic carbocycles. The lowest BCUT2D eigenvalue weighted by atomic mass is 10.0. The summed E-state index contributed by atoms with van der Waals surface area (Å²) >= 11 is 0. The predicted octanol–water partition coefficient (Wildman–Crippen LogP) is 3.49. The van der Waals surface area contributed by atoms with Crippen LogP contribution in [0, 0.1) is 0 Å². The quantitative estimate of drug-likeness (QED) is 0.207. The van der Waals surface area contributed by atoms with Crippen LogP contribution in [0.15, 0.2) is 17.3 Å². The number of guanidine groups is 1. The fourth-order valence-electron chi connectivity index (χ4n) is 4.13. The van der Waals surface area contributed by atoms with Gasteiger partial charge in [0.15, 0.2) is 5.96 Å². The zero-order valence-electron chi connectivity index (χ0n) is 17.9. The van der Waals surface area contributed by atoms with Gasteiger partial charge in [0.05, 0.1) is 6.54 Å². The van der Waals surface area contributed by atoms with Crippen molar-refractivity contribution in [2.45, 2.75) is 63.7 Å². The number of alkyl halides is 3. The van der Waals surface area contributed by atoms with Crippen LogP contribution in [0.3, 0.4) is 0 Å². The van der Waals surface area contributed by atoms with Gasteiger partial charge in [-0.3, -0.25) is 4.99 Å². The zero-order chi connectivity index (χ0) is 21.4. The molecule has 0 bridgehead atoms. The monoisotopic (exact) mass is 555 g/mol. The number of aromatic nitrogens is 2. The van der Waals surface area contributed by atoms with E-state index in [9.17, 15) is 13.2 Å². The third-order valence-electron chi connectivity index (χ3n) is 5.67. The summed E-state index contributed by atoms with van der Waals surface area (Å²) in [6, 6.07) is 2.02. The van der Waals surface area contributed by atoms with Crippen LogP contribution < -0.4 is 16.0 Å². The molecule has 0 spiro atoms. The van der Waals surface area contributed by atoms with Crippen molar-refractivity contribution in [3.63, 3.8) is 0 Å². The van der Waals surface area contributed by atoms with Gasteiger partial charge in [0.1, 0.15) is 5.69 Å². The molecule has 1 saturated heterocycles. The Balaban J connectivity index is 0.00000341. The second-order valence-corrected chi connectivity index (χ2v) is 7.84. The van der Waals surface area contributed by atoms with Gasteiger partial charge in [-0.2, -0.15) is 13.2 Å². The van der Waals surface area contributed by atoms with Gasteiger partial charge < -0.3 is 20.9 Å². The van der Waals surface area contributed by atoms with E-state index in [1.54, 1.807) is 0 Å². The fourth-order valence-corrected chi connectivity index (χ4v) is 4.13. The molecule has 1 aliphatic heterocycles. The maximum absolute atomic E-state index is 12.7. The van der Waals surface area contributed by atoms with E-state index in [2.05, 4.69) is 35.8 Å². The van der Waals surface area contributed by atoms with Gasteiger partial charge in [0.2, 0.25) is 5.95 Å². The molecule has 1 saturated carbocycles. The van der Waals surface area contributed by atoms with Crippen molar-refractivity contribution < 1.29 is 13.2 Å². The second-order valence-electron chi connectivity index (χ2n) is 7.84. The number of rotatable bonds is 7. The number of anilines is 1. The molecule has 2 fully saturated rings. The van der Waals surface area contributed by atoms with Crippen molar-refractivity contribution in [1.82, 2.24) is 25.5 Å². The van der Waals surface area contributed by atoms with Gasteiger partial charge in [-0.15, -0.1) is 24.0 Å². The van der Waals surface area contributed by atoms with Crippen LogP contribution in [0.25, 0.3) is 0 Å². The smallest absolute Gasteiger partial charge is 0.357 e. The van der Waals surface area contributed by atoms with E-state index in [0.29, 0.717) is 19.1 Å². The van der Waals surface area contributed by atoms with Gasteiger partial charge in [-0.05, 0) is 38.7 Å². The molecular formula is C20H33F3IN7. The average Bonchev–Trinajstić information content (AvgIpc) is 3.26. The van der Waals surface area contributed by atoms with Crippen molar-refractivity contribution in [2.75, 3.05) is 38.0 Å². The minimum absolute atomic E-state index is 0. The highest BCUT2D eigenvalue weighted by molar-refractivity contribution is 14.0. The van der Waals surface area contributed by atoms with Crippen LogP contribution in [0.4, 0.5) is 19.1 Å². The highest BCUT2D eigenvalue weighted by Crippen LogP contribution is 2.27. The van der Waals surface area contributed by atoms with Gasteiger partial charge in [-0.25, -0.2) is 9.97 Å². The molecular weight excluding hydrogens is 522 g/mol. The lowest BCUT2D eigenvalue weighted by molar-refractivity contribution is -0.141. The van der Waals surface area contributed by atoms with E-state index in [1.165, 1.54) is 25.7 Å². The molecule has 1 aliphatic carbocycles. The molecule has 0 radical (unpaired) electrons. The number of piperidine rings is 1. The highest BCUT2D eigenvalue weighted by Gasteiger charge is 2.32. The summed E-state index contributed by atoms with van der Waals surface area (Å²) in [7, 11) is 0. The summed E-state index contributed by atoms with van der Waals surface area (Å²) < 4.78 is 38.2.